The Labute approximate surface area is 158 Å². The van der Waals surface area contributed by atoms with Crippen LogP contribution in [0.3, 0.4) is 0 Å². The molecule has 0 spiro atoms. The highest BCUT2D eigenvalue weighted by molar-refractivity contribution is 5.91. The Morgan fingerprint density at radius 2 is 1.93 bits per heavy atom. The van der Waals surface area contributed by atoms with Gasteiger partial charge >= 0.3 is 0 Å². The van der Waals surface area contributed by atoms with Gasteiger partial charge in [-0.25, -0.2) is 4.98 Å². The molecule has 0 fully saturated rings. The topological polar surface area (TPSA) is 89.9 Å². The van der Waals surface area contributed by atoms with Crippen molar-refractivity contribution in [1.29, 1.82) is 0 Å². The number of carbonyl (C=O) groups is 1. The number of phenolic OH excluding ortho intramolecular Hbond substituents is 1. The lowest BCUT2D eigenvalue weighted by Gasteiger charge is -2.12. The maximum absolute atomic E-state index is 12.1. The van der Waals surface area contributed by atoms with Crippen molar-refractivity contribution in [1.82, 2.24) is 10.3 Å². The molecule has 0 bridgehead atoms. The van der Waals surface area contributed by atoms with Crippen LogP contribution in [-0.2, 0) is 11.3 Å². The van der Waals surface area contributed by atoms with E-state index >= 15 is 0 Å². The molecule has 2 N–H and O–H groups in total. The molecule has 2 rings (SSSR count). The number of amides is 1. The van der Waals surface area contributed by atoms with Crippen molar-refractivity contribution >= 4 is 12.0 Å². The zero-order valence-electron chi connectivity index (χ0n) is 15.9. The summed E-state index contributed by atoms with van der Waals surface area (Å²) in [6.07, 6.45) is 4.64. The minimum atomic E-state index is -0.277. The Hall–Kier alpha value is -3.22. The number of phenols is 1. The SMILES string of the molecule is COc1cc(/C=C/C(=O)NCc2cccnc2OC(C)C)cc(OC)c1O. The van der Waals surface area contributed by atoms with Crippen LogP contribution in [0.15, 0.2) is 36.5 Å². The van der Waals surface area contributed by atoms with E-state index in [1.54, 1.807) is 30.5 Å². The van der Waals surface area contributed by atoms with Gasteiger partial charge in [-0.3, -0.25) is 4.79 Å². The second kappa shape index (κ2) is 9.47. The second-order valence-electron chi connectivity index (χ2n) is 5.96. The molecule has 7 nitrogen and oxygen atoms in total. The van der Waals surface area contributed by atoms with E-state index in [2.05, 4.69) is 10.3 Å². The summed E-state index contributed by atoms with van der Waals surface area (Å²) in [7, 11) is 2.89. The first-order valence-electron chi connectivity index (χ1n) is 8.46. The van der Waals surface area contributed by atoms with Gasteiger partial charge in [0.2, 0.25) is 17.5 Å². The number of hydrogen-bond acceptors (Lipinski definition) is 6. The summed E-state index contributed by atoms with van der Waals surface area (Å²) < 4.78 is 15.8. The van der Waals surface area contributed by atoms with Gasteiger partial charge in [0.1, 0.15) is 0 Å². The molecule has 0 atom stereocenters. The molecule has 0 aliphatic rings. The quantitative estimate of drug-likeness (QED) is 0.693. The monoisotopic (exact) mass is 372 g/mol. The van der Waals surface area contributed by atoms with E-state index in [1.807, 2.05) is 19.9 Å². The summed E-state index contributed by atoms with van der Waals surface area (Å²) in [5, 5.41) is 12.7. The number of ether oxygens (including phenoxy) is 3. The van der Waals surface area contributed by atoms with Crippen molar-refractivity contribution in [3.63, 3.8) is 0 Å². The Morgan fingerprint density at radius 3 is 2.52 bits per heavy atom. The number of carbonyl (C=O) groups excluding carboxylic acids is 1. The first-order chi connectivity index (χ1) is 12.9. The van der Waals surface area contributed by atoms with E-state index in [0.29, 0.717) is 18.0 Å². The molecule has 0 aliphatic heterocycles. The first kappa shape index (κ1) is 20.1. The Morgan fingerprint density at radius 1 is 1.26 bits per heavy atom. The molecule has 0 unspecified atom stereocenters. The summed E-state index contributed by atoms with van der Waals surface area (Å²) >= 11 is 0. The van der Waals surface area contributed by atoms with Crippen molar-refractivity contribution in [3.05, 3.63) is 47.7 Å². The molecule has 0 aliphatic carbocycles. The normalized spacial score (nSPS) is 10.9. The highest BCUT2D eigenvalue weighted by Crippen LogP contribution is 2.37. The van der Waals surface area contributed by atoms with Crippen LogP contribution in [0.25, 0.3) is 6.08 Å². The third kappa shape index (κ3) is 5.64. The third-order valence-electron chi connectivity index (χ3n) is 3.58. The van der Waals surface area contributed by atoms with Crippen molar-refractivity contribution in [2.45, 2.75) is 26.5 Å². The molecule has 144 valence electrons. The molecule has 1 aromatic heterocycles. The summed E-state index contributed by atoms with van der Waals surface area (Å²) in [6, 6.07) is 6.86. The van der Waals surface area contributed by atoms with Gasteiger partial charge in [0.15, 0.2) is 11.5 Å². The fraction of sp³-hybridized carbons (Fsp3) is 0.300. The predicted octanol–water partition coefficient (Wildman–Crippen LogP) is 2.92. The molecular formula is C20H24N2O5. The van der Waals surface area contributed by atoms with E-state index < -0.39 is 0 Å². The van der Waals surface area contributed by atoms with Crippen LogP contribution in [0.2, 0.25) is 0 Å². The standard InChI is InChI=1S/C20H24N2O5/c1-13(2)27-20-15(6-5-9-21-20)12-22-18(23)8-7-14-10-16(25-3)19(24)17(11-14)26-4/h5-11,13,24H,12H2,1-4H3,(H,22,23)/b8-7+. The molecule has 27 heavy (non-hydrogen) atoms. The van der Waals surface area contributed by atoms with Crippen LogP contribution in [0, 0.1) is 0 Å². The average Bonchev–Trinajstić information content (AvgIpc) is 2.66. The minimum absolute atomic E-state index is 0.00583. The van der Waals surface area contributed by atoms with Crippen LogP contribution >= 0.6 is 0 Å². The minimum Gasteiger partial charge on any atom is -0.502 e. The lowest BCUT2D eigenvalue weighted by molar-refractivity contribution is -0.116. The predicted molar refractivity (Wildman–Crippen MR) is 102 cm³/mol. The first-order valence-corrected chi connectivity index (χ1v) is 8.46. The highest BCUT2D eigenvalue weighted by atomic mass is 16.5. The molecule has 0 radical (unpaired) electrons. The zero-order valence-corrected chi connectivity index (χ0v) is 15.9. The number of aromatic nitrogens is 1. The van der Waals surface area contributed by atoms with Gasteiger partial charge in [-0.2, -0.15) is 0 Å². The number of nitrogens with one attached hydrogen (secondary N) is 1. The Kier molecular flexibility index (Phi) is 7.05. The smallest absolute Gasteiger partial charge is 0.244 e. The van der Waals surface area contributed by atoms with Crippen molar-refractivity contribution in [3.8, 4) is 23.1 Å². The number of methoxy groups -OCH3 is 2. The lowest BCUT2D eigenvalue weighted by Crippen LogP contribution is -2.21. The number of nitrogens with zero attached hydrogens (tertiary/aromatic N) is 1. The van der Waals surface area contributed by atoms with Gasteiger partial charge in [-0.15, -0.1) is 0 Å². The zero-order chi connectivity index (χ0) is 19.8. The number of aromatic hydroxyl groups is 1. The van der Waals surface area contributed by atoms with Gasteiger partial charge in [0.05, 0.1) is 20.3 Å². The number of benzene rings is 1. The van der Waals surface area contributed by atoms with Crippen LogP contribution in [0.1, 0.15) is 25.0 Å². The van der Waals surface area contributed by atoms with Gasteiger partial charge in [-0.1, -0.05) is 6.07 Å². The maximum Gasteiger partial charge on any atom is 0.244 e. The van der Waals surface area contributed by atoms with Crippen molar-refractivity contribution in [2.24, 2.45) is 0 Å². The summed E-state index contributed by atoms with van der Waals surface area (Å²) in [5.41, 5.74) is 1.45. The van der Waals surface area contributed by atoms with E-state index in [-0.39, 0.29) is 29.3 Å². The van der Waals surface area contributed by atoms with E-state index in [0.717, 1.165) is 5.56 Å². The van der Waals surface area contributed by atoms with Crippen LogP contribution in [-0.4, -0.2) is 36.3 Å². The molecule has 1 amide bonds. The lowest BCUT2D eigenvalue weighted by atomic mass is 10.1. The Balaban J connectivity index is 2.04. The fourth-order valence-corrected chi connectivity index (χ4v) is 2.31. The number of hydrogen-bond donors (Lipinski definition) is 2. The third-order valence-corrected chi connectivity index (χ3v) is 3.58. The van der Waals surface area contributed by atoms with Gasteiger partial charge < -0.3 is 24.6 Å². The molecule has 0 saturated heterocycles. The van der Waals surface area contributed by atoms with Crippen molar-refractivity contribution in [2.75, 3.05) is 14.2 Å². The number of pyridine rings is 1. The maximum atomic E-state index is 12.1. The average molecular weight is 372 g/mol. The summed E-state index contributed by atoms with van der Waals surface area (Å²) in [4.78, 5) is 16.3. The second-order valence-corrected chi connectivity index (χ2v) is 5.96. The molecule has 1 aromatic carbocycles. The van der Waals surface area contributed by atoms with Gasteiger partial charge in [0.25, 0.3) is 0 Å². The molecule has 2 aromatic rings. The van der Waals surface area contributed by atoms with Crippen LogP contribution < -0.4 is 19.5 Å². The van der Waals surface area contributed by atoms with E-state index in [1.165, 1.54) is 20.3 Å². The molecule has 7 heteroatoms. The van der Waals surface area contributed by atoms with E-state index in [4.69, 9.17) is 14.2 Å². The van der Waals surface area contributed by atoms with Crippen molar-refractivity contribution < 1.29 is 24.1 Å². The van der Waals surface area contributed by atoms with Crippen LogP contribution in [0.4, 0.5) is 0 Å². The highest BCUT2D eigenvalue weighted by Gasteiger charge is 2.10. The summed E-state index contributed by atoms with van der Waals surface area (Å²) in [6.45, 7) is 4.13. The van der Waals surface area contributed by atoms with E-state index in [9.17, 15) is 9.90 Å². The van der Waals surface area contributed by atoms with Gasteiger partial charge in [0, 0.05) is 24.4 Å². The molecular weight excluding hydrogens is 348 g/mol. The Bertz CT molecular complexity index is 793. The molecule has 1 heterocycles. The fourth-order valence-electron chi connectivity index (χ4n) is 2.31. The number of rotatable bonds is 8. The summed E-state index contributed by atoms with van der Waals surface area (Å²) in [5.74, 6) is 0.668. The van der Waals surface area contributed by atoms with Gasteiger partial charge in [-0.05, 0) is 43.7 Å². The largest absolute Gasteiger partial charge is 0.502 e. The molecule has 0 saturated carbocycles. The van der Waals surface area contributed by atoms with Crippen LogP contribution in [0.5, 0.6) is 23.1 Å².